The van der Waals surface area contributed by atoms with Gasteiger partial charge in [-0.1, -0.05) is 30.3 Å². The molecule has 25 heavy (non-hydrogen) atoms. The number of rotatable bonds is 5. The highest BCUT2D eigenvalue weighted by Crippen LogP contribution is 2.23. The van der Waals surface area contributed by atoms with Crippen LogP contribution in [-0.4, -0.2) is 33.1 Å². The molecule has 0 aliphatic heterocycles. The third-order valence-corrected chi connectivity index (χ3v) is 2.83. The lowest BCUT2D eigenvalue weighted by atomic mass is 10.0. The van der Waals surface area contributed by atoms with Gasteiger partial charge in [0.25, 0.3) is 11.4 Å². The molecule has 0 radical (unpaired) electrons. The van der Waals surface area contributed by atoms with Crippen LogP contribution in [0.25, 0.3) is 0 Å². The summed E-state index contributed by atoms with van der Waals surface area (Å²) in [6.07, 6.45) is 0. The quantitative estimate of drug-likeness (QED) is 0.379. The van der Waals surface area contributed by atoms with Crippen molar-refractivity contribution in [2.75, 3.05) is 6.61 Å². The standard InChI is InChI=1S/C14H8N2O6.C2H6O/c17-13(9-4-2-1-3-5-9)14(18)10-6-11(15(19)20)8-12(7-10)16(21)22;1-2-3/h1-8H;3H,2H2,1H3. The fourth-order valence-electron chi connectivity index (χ4n) is 1.79. The normalized spacial score (nSPS) is 9.52. The molecule has 2 aromatic rings. The molecule has 0 aromatic heterocycles. The van der Waals surface area contributed by atoms with Gasteiger partial charge in [-0.2, -0.15) is 0 Å². The van der Waals surface area contributed by atoms with Crippen molar-refractivity contribution in [3.63, 3.8) is 0 Å². The fraction of sp³-hybridized carbons (Fsp3) is 0.125. The summed E-state index contributed by atoms with van der Waals surface area (Å²) >= 11 is 0. The molecule has 0 saturated heterocycles. The van der Waals surface area contributed by atoms with Crippen LogP contribution in [0.5, 0.6) is 0 Å². The first kappa shape index (κ1) is 19.6. The Bertz CT molecular complexity index is 771. The maximum absolute atomic E-state index is 12.1. The summed E-state index contributed by atoms with van der Waals surface area (Å²) in [6.45, 7) is 1.93. The van der Waals surface area contributed by atoms with Gasteiger partial charge in [-0.3, -0.25) is 29.8 Å². The Hall–Kier alpha value is -3.46. The molecule has 0 unspecified atom stereocenters. The van der Waals surface area contributed by atoms with E-state index in [-0.39, 0.29) is 12.2 Å². The first-order valence-electron chi connectivity index (χ1n) is 7.00. The number of nitro groups is 2. The first-order valence-corrected chi connectivity index (χ1v) is 7.00. The Kier molecular flexibility index (Phi) is 7.04. The number of benzene rings is 2. The monoisotopic (exact) mass is 346 g/mol. The number of aliphatic hydroxyl groups excluding tert-OH is 1. The Morgan fingerprint density at radius 3 is 1.68 bits per heavy atom. The summed E-state index contributed by atoms with van der Waals surface area (Å²) in [4.78, 5) is 43.9. The highest BCUT2D eigenvalue weighted by molar-refractivity contribution is 6.49. The molecule has 9 nitrogen and oxygen atoms in total. The van der Waals surface area contributed by atoms with Crippen molar-refractivity contribution < 1.29 is 24.5 Å². The summed E-state index contributed by atoms with van der Waals surface area (Å²) in [6, 6.07) is 9.99. The van der Waals surface area contributed by atoms with E-state index in [1.165, 1.54) is 12.1 Å². The van der Waals surface area contributed by atoms with E-state index in [1.54, 1.807) is 25.1 Å². The van der Waals surface area contributed by atoms with Gasteiger partial charge in [0.2, 0.25) is 11.6 Å². The minimum atomic E-state index is -1.04. The minimum absolute atomic E-state index is 0.0988. The van der Waals surface area contributed by atoms with E-state index in [0.29, 0.717) is 0 Å². The van der Waals surface area contributed by atoms with Crippen LogP contribution < -0.4 is 0 Å². The Morgan fingerprint density at radius 2 is 1.28 bits per heavy atom. The van der Waals surface area contributed by atoms with Gasteiger partial charge in [0.05, 0.1) is 15.9 Å². The Labute approximate surface area is 141 Å². The van der Waals surface area contributed by atoms with Crippen LogP contribution in [0.4, 0.5) is 11.4 Å². The highest BCUT2D eigenvalue weighted by atomic mass is 16.6. The Balaban J connectivity index is 0.000000970. The van der Waals surface area contributed by atoms with Gasteiger partial charge in [-0.25, -0.2) is 0 Å². The van der Waals surface area contributed by atoms with Crippen LogP contribution >= 0.6 is 0 Å². The second kappa shape index (κ2) is 8.99. The third-order valence-electron chi connectivity index (χ3n) is 2.83. The molecule has 0 saturated carbocycles. The number of non-ortho nitro benzene ring substituents is 2. The van der Waals surface area contributed by atoms with E-state index < -0.39 is 38.4 Å². The lowest BCUT2D eigenvalue weighted by molar-refractivity contribution is -0.394. The van der Waals surface area contributed by atoms with Crippen LogP contribution in [0.3, 0.4) is 0 Å². The molecule has 2 aromatic carbocycles. The fourth-order valence-corrected chi connectivity index (χ4v) is 1.79. The van der Waals surface area contributed by atoms with Gasteiger partial charge in [-0.15, -0.1) is 0 Å². The molecule has 2 rings (SSSR count). The number of carbonyl (C=O) groups excluding carboxylic acids is 2. The molecule has 0 aliphatic rings. The average molecular weight is 346 g/mol. The molecular formula is C16H14N2O7. The van der Waals surface area contributed by atoms with Crippen LogP contribution in [-0.2, 0) is 0 Å². The van der Waals surface area contributed by atoms with Gasteiger partial charge < -0.3 is 5.11 Å². The van der Waals surface area contributed by atoms with Crippen molar-refractivity contribution in [1.29, 1.82) is 0 Å². The number of nitro benzene ring substituents is 2. The van der Waals surface area contributed by atoms with Crippen LogP contribution in [0.2, 0.25) is 0 Å². The van der Waals surface area contributed by atoms with Crippen molar-refractivity contribution in [3.05, 3.63) is 79.9 Å². The van der Waals surface area contributed by atoms with Gasteiger partial charge in [0.1, 0.15) is 0 Å². The van der Waals surface area contributed by atoms with E-state index in [0.717, 1.165) is 18.2 Å². The molecular weight excluding hydrogens is 332 g/mol. The lowest BCUT2D eigenvalue weighted by Gasteiger charge is -2.01. The van der Waals surface area contributed by atoms with Gasteiger partial charge >= 0.3 is 0 Å². The van der Waals surface area contributed by atoms with Crippen LogP contribution in [0, 0.1) is 20.2 Å². The van der Waals surface area contributed by atoms with Gasteiger partial charge in [-0.05, 0) is 6.92 Å². The largest absolute Gasteiger partial charge is 0.397 e. The SMILES string of the molecule is CCO.O=C(C(=O)c1cc([N+](=O)[O-])cc([N+](=O)[O-])c1)c1ccccc1. The smallest absolute Gasteiger partial charge is 0.277 e. The molecule has 0 amide bonds. The summed E-state index contributed by atoms with van der Waals surface area (Å²) < 4.78 is 0. The second-order valence-electron chi connectivity index (χ2n) is 4.59. The van der Waals surface area contributed by atoms with E-state index in [2.05, 4.69) is 0 Å². The lowest BCUT2D eigenvalue weighted by Crippen LogP contribution is -2.15. The van der Waals surface area contributed by atoms with Crippen molar-refractivity contribution in [1.82, 2.24) is 0 Å². The molecule has 0 spiro atoms. The number of ketones is 2. The number of carbonyl (C=O) groups is 2. The third kappa shape index (κ3) is 5.29. The van der Waals surface area contributed by atoms with Gasteiger partial charge in [0.15, 0.2) is 0 Å². The molecule has 0 aliphatic carbocycles. The van der Waals surface area contributed by atoms with E-state index in [4.69, 9.17) is 5.11 Å². The van der Waals surface area contributed by atoms with Crippen molar-refractivity contribution in [3.8, 4) is 0 Å². The topological polar surface area (TPSA) is 141 Å². The van der Waals surface area contributed by atoms with Crippen LogP contribution in [0.15, 0.2) is 48.5 Å². The molecule has 0 heterocycles. The van der Waals surface area contributed by atoms with Crippen molar-refractivity contribution in [2.24, 2.45) is 0 Å². The zero-order chi connectivity index (χ0) is 19.0. The molecule has 130 valence electrons. The predicted molar refractivity (Wildman–Crippen MR) is 87.6 cm³/mol. The molecule has 0 bridgehead atoms. The van der Waals surface area contributed by atoms with Crippen LogP contribution in [0.1, 0.15) is 27.6 Å². The van der Waals surface area contributed by atoms with Gasteiger partial charge in [0, 0.05) is 29.9 Å². The number of nitrogens with zero attached hydrogens (tertiary/aromatic N) is 2. The molecule has 1 N–H and O–H groups in total. The average Bonchev–Trinajstić information content (AvgIpc) is 2.61. The zero-order valence-electron chi connectivity index (χ0n) is 13.1. The number of hydrogen-bond acceptors (Lipinski definition) is 7. The molecule has 0 atom stereocenters. The summed E-state index contributed by atoms with van der Waals surface area (Å²) in [5.74, 6) is -1.94. The summed E-state index contributed by atoms with van der Waals surface area (Å²) in [7, 11) is 0. The minimum Gasteiger partial charge on any atom is -0.397 e. The maximum atomic E-state index is 12.1. The molecule has 9 heteroatoms. The summed E-state index contributed by atoms with van der Waals surface area (Å²) in [5, 5.41) is 29.1. The van der Waals surface area contributed by atoms with Crippen molar-refractivity contribution in [2.45, 2.75) is 6.92 Å². The molecule has 0 fully saturated rings. The first-order chi connectivity index (χ1) is 11.8. The zero-order valence-corrected chi connectivity index (χ0v) is 13.1. The maximum Gasteiger partial charge on any atom is 0.277 e. The number of hydrogen-bond donors (Lipinski definition) is 1. The summed E-state index contributed by atoms with van der Waals surface area (Å²) in [5.41, 5.74) is -1.55. The highest BCUT2D eigenvalue weighted by Gasteiger charge is 2.24. The second-order valence-corrected chi connectivity index (χ2v) is 4.59. The van der Waals surface area contributed by atoms with E-state index in [9.17, 15) is 29.8 Å². The Morgan fingerprint density at radius 1 is 0.880 bits per heavy atom. The van der Waals surface area contributed by atoms with E-state index >= 15 is 0 Å². The van der Waals surface area contributed by atoms with Crippen molar-refractivity contribution >= 4 is 22.9 Å². The number of Topliss-reactive ketones (excluding diaryl/α,β-unsaturated/α-hetero) is 2. The predicted octanol–water partition coefficient (Wildman–Crippen LogP) is 2.57. The van der Waals surface area contributed by atoms with E-state index in [1.807, 2.05) is 0 Å². The number of aliphatic hydroxyl groups is 1.